The van der Waals surface area contributed by atoms with E-state index in [9.17, 15) is 28.2 Å². The third-order valence-corrected chi connectivity index (χ3v) is 10.3. The van der Waals surface area contributed by atoms with Gasteiger partial charge in [-0.15, -0.1) is 11.8 Å². The van der Waals surface area contributed by atoms with Gasteiger partial charge in [-0.1, -0.05) is 6.92 Å². The summed E-state index contributed by atoms with van der Waals surface area (Å²) in [5.41, 5.74) is 0.0353. The van der Waals surface area contributed by atoms with E-state index in [-0.39, 0.29) is 34.9 Å². The summed E-state index contributed by atoms with van der Waals surface area (Å²) >= 11 is 1.47. The largest absolute Gasteiger partial charge is 0.477 e. The van der Waals surface area contributed by atoms with Gasteiger partial charge in [-0.05, 0) is 19.8 Å². The van der Waals surface area contributed by atoms with E-state index in [1.165, 1.54) is 25.3 Å². The Kier molecular flexibility index (Phi) is 6.16. The fourth-order valence-corrected chi connectivity index (χ4v) is 8.20. The van der Waals surface area contributed by atoms with Gasteiger partial charge in [0.1, 0.15) is 5.70 Å². The van der Waals surface area contributed by atoms with Crippen LogP contribution in [-0.4, -0.2) is 101 Å². The molecule has 10 nitrogen and oxygen atoms in total. The third-order valence-electron chi connectivity index (χ3n) is 6.81. The van der Waals surface area contributed by atoms with Gasteiger partial charge < -0.3 is 20.4 Å². The van der Waals surface area contributed by atoms with Crippen LogP contribution in [0.4, 0.5) is 0 Å². The molecule has 0 aromatic heterocycles. The summed E-state index contributed by atoms with van der Waals surface area (Å²) in [5.74, 6) is -2.19. The maximum atomic E-state index is 12.5. The lowest BCUT2D eigenvalue weighted by molar-refractivity contribution is -0.163. The van der Waals surface area contributed by atoms with Gasteiger partial charge in [0.15, 0.2) is 0 Å². The van der Waals surface area contributed by atoms with Crippen molar-refractivity contribution in [3.63, 3.8) is 0 Å². The average Bonchev–Trinajstić information content (AvgIpc) is 3.21. The van der Waals surface area contributed by atoms with Crippen LogP contribution < -0.4 is 5.32 Å². The Morgan fingerprint density at radius 1 is 1.35 bits per heavy atom. The fourth-order valence-electron chi connectivity index (χ4n) is 5.20. The van der Waals surface area contributed by atoms with Crippen molar-refractivity contribution in [3.8, 4) is 0 Å². The molecule has 3 saturated heterocycles. The Labute approximate surface area is 186 Å². The van der Waals surface area contributed by atoms with Crippen molar-refractivity contribution in [3.05, 3.63) is 10.6 Å². The number of fused-ring (bicyclic) bond motifs is 1. The summed E-state index contributed by atoms with van der Waals surface area (Å²) in [6.07, 6.45) is 0.683. The van der Waals surface area contributed by atoms with Crippen molar-refractivity contribution >= 4 is 33.8 Å². The molecule has 12 heteroatoms. The molecule has 4 rings (SSSR count). The van der Waals surface area contributed by atoms with Crippen molar-refractivity contribution < 1.29 is 28.2 Å². The quantitative estimate of drug-likeness (QED) is 0.439. The number of hydrogen-bond acceptors (Lipinski definition) is 7. The maximum Gasteiger partial charge on any atom is 0.353 e. The van der Waals surface area contributed by atoms with Crippen molar-refractivity contribution in [1.29, 1.82) is 0 Å². The molecule has 0 aromatic carbocycles. The van der Waals surface area contributed by atoms with Gasteiger partial charge in [-0.2, -0.15) is 17.0 Å². The minimum Gasteiger partial charge on any atom is -0.477 e. The van der Waals surface area contributed by atoms with Crippen LogP contribution in [0.15, 0.2) is 10.6 Å². The second kappa shape index (κ2) is 8.31. The maximum absolute atomic E-state index is 12.5. The van der Waals surface area contributed by atoms with E-state index in [4.69, 9.17) is 0 Å². The average molecular weight is 475 g/mol. The van der Waals surface area contributed by atoms with Gasteiger partial charge in [-0.3, -0.25) is 4.79 Å². The standard InChI is InChI=1S/C19H30N4O6S2/c1-10-15-14(11(2)24)18(25)23(15)16(19(26)27)17(10)30-13-7-12(20-8-13)9-22-6-4-5-21(3)31(22,28)29/h10-15,20,24H,4-9H2,1-3H3,(H,26,27)/t10-,11-,12+,13+,14?,15?/m1/s1. The molecule has 3 N–H and O–H groups in total. The number of nitrogens with one attached hydrogen (secondary N) is 1. The number of rotatable bonds is 6. The minimum absolute atomic E-state index is 0.00626. The zero-order chi connectivity index (χ0) is 22.7. The summed E-state index contributed by atoms with van der Waals surface area (Å²) in [7, 11) is -1.83. The predicted octanol–water partition coefficient (Wildman–Crippen LogP) is -0.514. The van der Waals surface area contributed by atoms with Crippen LogP contribution in [0, 0.1) is 11.8 Å². The number of nitrogens with zero attached hydrogens (tertiary/aromatic N) is 3. The Hall–Kier alpha value is -1.18. The van der Waals surface area contributed by atoms with Crippen LogP contribution in [-0.2, 0) is 19.8 Å². The Bertz CT molecular complexity index is 907. The third kappa shape index (κ3) is 3.80. The molecule has 0 aliphatic carbocycles. The number of aliphatic carboxylic acids is 1. The molecule has 0 aromatic rings. The highest BCUT2D eigenvalue weighted by atomic mass is 32.2. The number of carbonyl (C=O) groups excluding carboxylic acids is 1. The first kappa shape index (κ1) is 23.0. The molecule has 174 valence electrons. The van der Waals surface area contributed by atoms with Crippen molar-refractivity contribution in [2.75, 3.05) is 33.2 Å². The molecule has 0 bridgehead atoms. The first-order valence-electron chi connectivity index (χ1n) is 10.6. The van der Waals surface area contributed by atoms with Crippen molar-refractivity contribution in [2.24, 2.45) is 11.8 Å². The summed E-state index contributed by atoms with van der Waals surface area (Å²) in [6.45, 7) is 5.54. The molecule has 0 spiro atoms. The van der Waals surface area contributed by atoms with Crippen molar-refractivity contribution in [1.82, 2.24) is 18.8 Å². The fraction of sp³-hybridized carbons (Fsp3) is 0.789. The molecule has 3 fully saturated rings. The normalized spacial score (nSPS) is 37.1. The Morgan fingerprint density at radius 3 is 2.71 bits per heavy atom. The molecule has 0 radical (unpaired) electrons. The van der Waals surface area contributed by atoms with Crippen LogP contribution in [0.25, 0.3) is 0 Å². The van der Waals surface area contributed by atoms with Gasteiger partial charge in [0.25, 0.3) is 10.2 Å². The molecular formula is C19H30N4O6S2. The van der Waals surface area contributed by atoms with Crippen LogP contribution in [0.1, 0.15) is 26.7 Å². The molecule has 4 aliphatic heterocycles. The van der Waals surface area contributed by atoms with E-state index in [1.54, 1.807) is 14.0 Å². The second-order valence-corrected chi connectivity index (χ2v) is 12.3. The number of amides is 1. The van der Waals surface area contributed by atoms with Gasteiger partial charge in [0, 0.05) is 55.3 Å². The number of hydrogen-bond donors (Lipinski definition) is 3. The molecule has 4 heterocycles. The predicted molar refractivity (Wildman–Crippen MR) is 115 cm³/mol. The number of β-lactam (4-membered cyclic amide) rings is 1. The number of carbonyl (C=O) groups is 2. The summed E-state index contributed by atoms with van der Waals surface area (Å²) < 4.78 is 27.9. The Balaban J connectivity index is 1.44. The molecular weight excluding hydrogens is 444 g/mol. The van der Waals surface area contributed by atoms with Crippen molar-refractivity contribution in [2.45, 2.75) is 50.1 Å². The first-order valence-corrected chi connectivity index (χ1v) is 12.9. The number of aliphatic hydroxyl groups excluding tert-OH is 1. The number of thioether (sulfide) groups is 1. The van der Waals surface area contributed by atoms with E-state index < -0.39 is 28.2 Å². The van der Waals surface area contributed by atoms with Gasteiger partial charge in [0.05, 0.1) is 18.1 Å². The smallest absolute Gasteiger partial charge is 0.353 e. The monoisotopic (exact) mass is 474 g/mol. The number of carboxylic acids is 1. The van der Waals surface area contributed by atoms with E-state index in [0.29, 0.717) is 37.5 Å². The first-order chi connectivity index (χ1) is 14.5. The minimum atomic E-state index is -3.42. The van der Waals surface area contributed by atoms with Gasteiger partial charge in [-0.25, -0.2) is 4.79 Å². The zero-order valence-corrected chi connectivity index (χ0v) is 19.5. The van der Waals surface area contributed by atoms with E-state index in [2.05, 4.69) is 5.32 Å². The SMILES string of the molecule is C[C@@H](O)C1C(=O)N2C(C(=O)O)=C(S[C@@H]3CN[C@H](CN4CCCN(C)S4(=O)=O)C3)[C@H](C)C12. The lowest BCUT2D eigenvalue weighted by Crippen LogP contribution is -2.63. The van der Waals surface area contributed by atoms with E-state index in [0.717, 1.165) is 6.42 Å². The van der Waals surface area contributed by atoms with Crippen LogP contribution in [0.5, 0.6) is 0 Å². The lowest BCUT2D eigenvalue weighted by atomic mass is 9.79. The highest BCUT2D eigenvalue weighted by molar-refractivity contribution is 8.03. The molecule has 4 aliphatic rings. The van der Waals surface area contributed by atoms with Crippen LogP contribution in [0.2, 0.25) is 0 Å². The highest BCUT2D eigenvalue weighted by Gasteiger charge is 2.60. The summed E-state index contributed by atoms with van der Waals surface area (Å²) in [5, 5.41) is 23.2. The van der Waals surface area contributed by atoms with Gasteiger partial charge >= 0.3 is 5.97 Å². The lowest BCUT2D eigenvalue weighted by Gasteiger charge is -2.46. The zero-order valence-electron chi connectivity index (χ0n) is 17.9. The number of aliphatic hydroxyl groups is 1. The molecule has 2 unspecified atom stereocenters. The summed E-state index contributed by atoms with van der Waals surface area (Å²) in [6, 6.07) is -0.325. The molecule has 1 amide bonds. The molecule has 31 heavy (non-hydrogen) atoms. The van der Waals surface area contributed by atoms with Crippen LogP contribution in [0.3, 0.4) is 0 Å². The number of carboxylic acid groups (broad SMARTS) is 1. The Morgan fingerprint density at radius 2 is 2.06 bits per heavy atom. The topological polar surface area (TPSA) is 130 Å². The van der Waals surface area contributed by atoms with E-state index >= 15 is 0 Å². The van der Waals surface area contributed by atoms with E-state index in [1.807, 2.05) is 6.92 Å². The highest BCUT2D eigenvalue weighted by Crippen LogP contribution is 2.51. The molecule has 0 saturated carbocycles. The molecule has 6 atom stereocenters. The summed E-state index contributed by atoms with van der Waals surface area (Å²) in [4.78, 5) is 26.4. The second-order valence-electron chi connectivity index (χ2n) is 8.89. The van der Waals surface area contributed by atoms with Crippen LogP contribution >= 0.6 is 11.8 Å². The van der Waals surface area contributed by atoms with Gasteiger partial charge in [0.2, 0.25) is 5.91 Å².